The SMILES string of the molecule is CN=C(NCc1nc(C)c(C)s1)NC1CCCN(c2cnn(C)c2)C1.I. The second-order valence-electron chi connectivity index (χ2n) is 6.48. The maximum atomic E-state index is 4.57. The van der Waals surface area contributed by atoms with Crippen LogP contribution >= 0.6 is 35.3 Å². The summed E-state index contributed by atoms with van der Waals surface area (Å²) in [7, 11) is 3.77. The summed E-state index contributed by atoms with van der Waals surface area (Å²) in [6.45, 7) is 6.91. The van der Waals surface area contributed by atoms with Gasteiger partial charge in [-0.2, -0.15) is 5.10 Å². The van der Waals surface area contributed by atoms with Crippen molar-refractivity contribution in [3.05, 3.63) is 28.0 Å². The summed E-state index contributed by atoms with van der Waals surface area (Å²) >= 11 is 1.74. The summed E-state index contributed by atoms with van der Waals surface area (Å²) in [5, 5.41) is 12.3. The summed E-state index contributed by atoms with van der Waals surface area (Å²) < 4.78 is 1.85. The lowest BCUT2D eigenvalue weighted by molar-refractivity contribution is 0.468. The lowest BCUT2D eigenvalue weighted by atomic mass is 10.1. The fourth-order valence-electron chi connectivity index (χ4n) is 3.06. The number of hydrogen-bond donors (Lipinski definition) is 2. The highest BCUT2D eigenvalue weighted by atomic mass is 127. The molecule has 2 N–H and O–H groups in total. The van der Waals surface area contributed by atoms with Crippen LogP contribution in [0.3, 0.4) is 0 Å². The van der Waals surface area contributed by atoms with Crippen molar-refractivity contribution >= 4 is 47.0 Å². The lowest BCUT2D eigenvalue weighted by Gasteiger charge is -2.34. The Morgan fingerprint density at radius 2 is 2.23 bits per heavy atom. The van der Waals surface area contributed by atoms with Gasteiger partial charge in [-0.05, 0) is 26.7 Å². The molecule has 1 aliphatic heterocycles. The number of aliphatic imine (C=N–C) groups is 1. The van der Waals surface area contributed by atoms with Gasteiger partial charge in [0.1, 0.15) is 5.01 Å². The first-order chi connectivity index (χ1) is 12.0. The molecule has 9 heteroatoms. The van der Waals surface area contributed by atoms with Crippen LogP contribution in [0.25, 0.3) is 0 Å². The zero-order chi connectivity index (χ0) is 17.8. The van der Waals surface area contributed by atoms with Crippen LogP contribution in [0.15, 0.2) is 17.4 Å². The van der Waals surface area contributed by atoms with Gasteiger partial charge in [-0.25, -0.2) is 4.98 Å². The molecule has 0 radical (unpaired) electrons. The molecule has 0 aromatic carbocycles. The monoisotopic (exact) mass is 489 g/mol. The summed E-state index contributed by atoms with van der Waals surface area (Å²) in [6, 6.07) is 0.375. The topological polar surface area (TPSA) is 70.4 Å². The van der Waals surface area contributed by atoms with Crippen LogP contribution in [0.2, 0.25) is 0 Å². The van der Waals surface area contributed by atoms with Gasteiger partial charge in [0.15, 0.2) is 5.96 Å². The Morgan fingerprint density at radius 3 is 2.85 bits per heavy atom. The molecule has 1 atom stereocenters. The Kier molecular flexibility index (Phi) is 7.69. The number of rotatable bonds is 4. The Morgan fingerprint density at radius 1 is 1.42 bits per heavy atom. The van der Waals surface area contributed by atoms with Crippen molar-refractivity contribution in [2.24, 2.45) is 12.0 Å². The molecular formula is C17H28IN7S. The number of guanidine groups is 1. The van der Waals surface area contributed by atoms with Crippen LogP contribution in [0.1, 0.15) is 28.4 Å². The summed E-state index contributed by atoms with van der Waals surface area (Å²) in [6.07, 6.45) is 6.31. The third-order valence-electron chi connectivity index (χ3n) is 4.52. The number of nitrogens with zero attached hydrogens (tertiary/aromatic N) is 5. The number of anilines is 1. The normalized spacial score (nSPS) is 17.8. The highest BCUT2D eigenvalue weighted by Gasteiger charge is 2.21. The second-order valence-corrected chi connectivity index (χ2v) is 7.76. The summed E-state index contributed by atoms with van der Waals surface area (Å²) in [5.74, 6) is 0.837. The van der Waals surface area contributed by atoms with E-state index in [1.54, 1.807) is 11.3 Å². The van der Waals surface area contributed by atoms with Gasteiger partial charge in [-0.1, -0.05) is 0 Å². The average Bonchev–Trinajstić information content (AvgIpc) is 3.17. The molecule has 144 valence electrons. The number of halogens is 1. The Bertz CT molecular complexity index is 720. The number of piperidine rings is 1. The zero-order valence-corrected chi connectivity index (χ0v) is 19.0. The van der Waals surface area contributed by atoms with E-state index in [9.17, 15) is 0 Å². The molecule has 0 bridgehead atoms. The lowest BCUT2D eigenvalue weighted by Crippen LogP contribution is -2.51. The predicted molar refractivity (Wildman–Crippen MR) is 119 cm³/mol. The van der Waals surface area contributed by atoms with Crippen LogP contribution in [-0.4, -0.2) is 46.9 Å². The molecule has 0 spiro atoms. The first-order valence-electron chi connectivity index (χ1n) is 8.69. The van der Waals surface area contributed by atoms with Gasteiger partial charge >= 0.3 is 0 Å². The molecule has 1 fully saturated rings. The molecule has 1 unspecified atom stereocenters. The van der Waals surface area contributed by atoms with Crippen molar-refractivity contribution in [1.82, 2.24) is 25.4 Å². The molecule has 2 aromatic rings. The van der Waals surface area contributed by atoms with Crippen molar-refractivity contribution in [2.75, 3.05) is 25.0 Å². The van der Waals surface area contributed by atoms with Gasteiger partial charge < -0.3 is 15.5 Å². The van der Waals surface area contributed by atoms with Crippen LogP contribution < -0.4 is 15.5 Å². The number of nitrogens with one attached hydrogen (secondary N) is 2. The molecule has 2 aromatic heterocycles. The third kappa shape index (κ3) is 5.32. The van der Waals surface area contributed by atoms with Crippen molar-refractivity contribution < 1.29 is 0 Å². The largest absolute Gasteiger partial charge is 0.367 e. The molecule has 1 saturated heterocycles. The predicted octanol–water partition coefficient (Wildman–Crippen LogP) is 2.45. The van der Waals surface area contributed by atoms with E-state index >= 15 is 0 Å². The maximum absolute atomic E-state index is 4.57. The smallest absolute Gasteiger partial charge is 0.191 e. The molecule has 7 nitrogen and oxygen atoms in total. The first-order valence-corrected chi connectivity index (χ1v) is 9.50. The molecule has 26 heavy (non-hydrogen) atoms. The minimum absolute atomic E-state index is 0. The second kappa shape index (κ2) is 9.54. The number of thiazole rings is 1. The Labute approximate surface area is 176 Å². The van der Waals surface area contributed by atoms with Gasteiger partial charge in [0.2, 0.25) is 0 Å². The number of aryl methyl sites for hydroxylation is 3. The van der Waals surface area contributed by atoms with Crippen LogP contribution in [0.5, 0.6) is 0 Å². The molecular weight excluding hydrogens is 461 g/mol. The van der Waals surface area contributed by atoms with Crippen molar-refractivity contribution in [3.63, 3.8) is 0 Å². The van der Waals surface area contributed by atoms with Crippen LogP contribution in [0.4, 0.5) is 5.69 Å². The molecule has 0 aliphatic carbocycles. The number of aromatic nitrogens is 3. The van der Waals surface area contributed by atoms with Gasteiger partial charge in [0.05, 0.1) is 24.1 Å². The summed E-state index contributed by atoms with van der Waals surface area (Å²) in [4.78, 5) is 12.6. The third-order valence-corrected chi connectivity index (χ3v) is 5.59. The van der Waals surface area contributed by atoms with Crippen molar-refractivity contribution in [3.8, 4) is 0 Å². The van der Waals surface area contributed by atoms with Gasteiger partial charge in [0, 0.05) is 44.3 Å². The van der Waals surface area contributed by atoms with Crippen molar-refractivity contribution in [2.45, 2.75) is 39.3 Å². The molecule has 0 saturated carbocycles. The average molecular weight is 489 g/mol. The Balaban J connectivity index is 0.00000243. The van der Waals surface area contributed by atoms with Gasteiger partial charge in [-0.15, -0.1) is 35.3 Å². The van der Waals surface area contributed by atoms with Crippen LogP contribution in [-0.2, 0) is 13.6 Å². The first kappa shape index (κ1) is 20.9. The van der Waals surface area contributed by atoms with E-state index in [2.05, 4.69) is 50.7 Å². The van der Waals surface area contributed by atoms with Crippen LogP contribution in [0, 0.1) is 13.8 Å². The van der Waals surface area contributed by atoms with E-state index < -0.39 is 0 Å². The van der Waals surface area contributed by atoms with E-state index in [1.807, 2.05) is 25.0 Å². The van der Waals surface area contributed by atoms with E-state index in [1.165, 1.54) is 10.6 Å². The fourth-order valence-corrected chi connectivity index (χ4v) is 3.94. The Hall–Kier alpha value is -1.36. The maximum Gasteiger partial charge on any atom is 0.191 e. The highest BCUT2D eigenvalue weighted by Crippen LogP contribution is 2.19. The molecule has 0 amide bonds. The molecule has 1 aliphatic rings. The molecule has 3 rings (SSSR count). The summed E-state index contributed by atoms with van der Waals surface area (Å²) in [5.41, 5.74) is 2.30. The van der Waals surface area contributed by atoms with E-state index in [-0.39, 0.29) is 24.0 Å². The van der Waals surface area contributed by atoms with Crippen molar-refractivity contribution in [1.29, 1.82) is 0 Å². The van der Waals surface area contributed by atoms with E-state index in [4.69, 9.17) is 0 Å². The van der Waals surface area contributed by atoms with Gasteiger partial charge in [-0.3, -0.25) is 9.67 Å². The highest BCUT2D eigenvalue weighted by molar-refractivity contribution is 14.0. The minimum Gasteiger partial charge on any atom is -0.367 e. The quantitative estimate of drug-likeness (QED) is 0.393. The van der Waals surface area contributed by atoms with Gasteiger partial charge in [0.25, 0.3) is 0 Å². The molecule has 3 heterocycles. The standard InChI is InChI=1S/C17H27N7S.HI/c1-12-13(2)25-16(21-12)9-19-17(18-3)22-14-6-5-7-24(10-14)15-8-20-23(4)11-15;/h8,11,14H,5-7,9-10H2,1-4H3,(H2,18,19,22);1H. The minimum atomic E-state index is 0. The number of hydrogen-bond acceptors (Lipinski definition) is 5. The fraction of sp³-hybridized carbons (Fsp3) is 0.588. The van der Waals surface area contributed by atoms with E-state index in [0.29, 0.717) is 12.6 Å². The zero-order valence-electron chi connectivity index (χ0n) is 15.8. The van der Waals surface area contributed by atoms with E-state index in [0.717, 1.165) is 42.6 Å².